The molecule has 2 rings (SSSR count). The molecule has 0 unspecified atom stereocenters. The molecule has 0 saturated heterocycles. The van der Waals surface area contributed by atoms with Gasteiger partial charge in [0.25, 0.3) is 0 Å². The van der Waals surface area contributed by atoms with Crippen molar-refractivity contribution in [2.45, 2.75) is 0 Å². The molecule has 0 saturated carbocycles. The third-order valence-corrected chi connectivity index (χ3v) is 2.54. The Morgan fingerprint density at radius 2 is 1.89 bits per heavy atom. The zero-order valence-electron chi connectivity index (χ0n) is 9.65. The summed E-state index contributed by atoms with van der Waals surface area (Å²) in [7, 11) is 0. The molecule has 0 aliphatic heterocycles. The Hall–Kier alpha value is -2.63. The summed E-state index contributed by atoms with van der Waals surface area (Å²) in [5.74, 6) is -2.67. The van der Waals surface area contributed by atoms with Crippen LogP contribution in [-0.2, 0) is 0 Å². The number of para-hydroxylation sites is 1. The van der Waals surface area contributed by atoms with Gasteiger partial charge in [-0.05, 0) is 24.3 Å². The van der Waals surface area contributed by atoms with E-state index in [4.69, 9.17) is 10.8 Å². The maximum absolute atomic E-state index is 13.5. The number of carbonyl (C=O) groups is 1. The van der Waals surface area contributed by atoms with Crippen LogP contribution in [0.15, 0.2) is 36.4 Å². The first-order chi connectivity index (χ1) is 8.99. The Balaban J connectivity index is 2.38. The number of hydrogen-bond acceptors (Lipinski definition) is 3. The van der Waals surface area contributed by atoms with Gasteiger partial charge in [-0.3, -0.25) is 0 Å². The van der Waals surface area contributed by atoms with Crippen molar-refractivity contribution >= 4 is 23.0 Å². The van der Waals surface area contributed by atoms with E-state index in [1.807, 2.05) is 0 Å². The number of benzene rings is 2. The zero-order valence-corrected chi connectivity index (χ0v) is 9.65. The van der Waals surface area contributed by atoms with Crippen molar-refractivity contribution in [1.29, 1.82) is 0 Å². The minimum absolute atomic E-state index is 0.00985. The van der Waals surface area contributed by atoms with Crippen LogP contribution in [0.1, 0.15) is 10.4 Å². The van der Waals surface area contributed by atoms with Crippen LogP contribution in [0.4, 0.5) is 25.8 Å². The quantitative estimate of drug-likeness (QED) is 0.745. The van der Waals surface area contributed by atoms with Crippen LogP contribution in [0.25, 0.3) is 0 Å². The molecule has 0 fully saturated rings. The van der Waals surface area contributed by atoms with Crippen molar-refractivity contribution in [3.05, 3.63) is 53.6 Å². The van der Waals surface area contributed by atoms with Crippen LogP contribution in [0.5, 0.6) is 0 Å². The van der Waals surface area contributed by atoms with Gasteiger partial charge in [-0.25, -0.2) is 13.6 Å². The summed E-state index contributed by atoms with van der Waals surface area (Å²) in [6.45, 7) is 0. The predicted octanol–water partition coefficient (Wildman–Crippen LogP) is 2.99. The molecule has 0 amide bonds. The molecule has 0 radical (unpaired) electrons. The normalized spacial score (nSPS) is 10.2. The van der Waals surface area contributed by atoms with Crippen LogP contribution >= 0.6 is 0 Å². The highest BCUT2D eigenvalue weighted by atomic mass is 19.1. The second kappa shape index (κ2) is 4.93. The molecule has 2 aromatic carbocycles. The minimum atomic E-state index is -1.18. The fraction of sp³-hybridized carbons (Fsp3) is 0. The summed E-state index contributed by atoms with van der Waals surface area (Å²) >= 11 is 0. The Labute approximate surface area is 107 Å². The van der Waals surface area contributed by atoms with E-state index in [1.54, 1.807) is 0 Å². The smallest absolute Gasteiger partial charge is 0.337 e. The summed E-state index contributed by atoms with van der Waals surface area (Å²) in [4.78, 5) is 10.9. The largest absolute Gasteiger partial charge is 0.478 e. The fourth-order valence-corrected chi connectivity index (χ4v) is 1.60. The van der Waals surface area contributed by atoms with Gasteiger partial charge in [0.15, 0.2) is 0 Å². The molecule has 4 nitrogen and oxygen atoms in total. The van der Waals surface area contributed by atoms with Crippen LogP contribution < -0.4 is 11.1 Å². The van der Waals surface area contributed by atoms with Crippen molar-refractivity contribution in [3.63, 3.8) is 0 Å². The summed E-state index contributed by atoms with van der Waals surface area (Å²) in [6.07, 6.45) is 0. The number of nitrogens with two attached hydrogens (primary N) is 1. The number of carboxylic acids is 1. The number of rotatable bonds is 3. The third-order valence-electron chi connectivity index (χ3n) is 2.54. The van der Waals surface area contributed by atoms with Crippen LogP contribution in [-0.4, -0.2) is 11.1 Å². The molecule has 4 N–H and O–H groups in total. The van der Waals surface area contributed by atoms with Crippen molar-refractivity contribution in [3.8, 4) is 0 Å². The SMILES string of the molecule is Nc1c(Nc2ccc(F)cc2F)cccc1C(=O)O. The van der Waals surface area contributed by atoms with Gasteiger partial charge in [0.2, 0.25) is 0 Å². The van der Waals surface area contributed by atoms with Crippen molar-refractivity contribution in [2.24, 2.45) is 0 Å². The van der Waals surface area contributed by atoms with Gasteiger partial charge in [0.05, 0.1) is 22.6 Å². The fourth-order valence-electron chi connectivity index (χ4n) is 1.60. The Kier molecular flexibility index (Phi) is 3.33. The van der Waals surface area contributed by atoms with E-state index >= 15 is 0 Å². The second-order valence-corrected chi connectivity index (χ2v) is 3.82. The first-order valence-corrected chi connectivity index (χ1v) is 5.33. The van der Waals surface area contributed by atoms with Gasteiger partial charge in [-0.15, -0.1) is 0 Å². The summed E-state index contributed by atoms with van der Waals surface area (Å²) < 4.78 is 26.2. The van der Waals surface area contributed by atoms with Gasteiger partial charge < -0.3 is 16.2 Å². The van der Waals surface area contributed by atoms with E-state index in [0.29, 0.717) is 0 Å². The number of nitrogen functional groups attached to an aromatic ring is 1. The van der Waals surface area contributed by atoms with Crippen LogP contribution in [0.2, 0.25) is 0 Å². The first-order valence-electron chi connectivity index (χ1n) is 5.33. The van der Waals surface area contributed by atoms with Gasteiger partial charge in [-0.1, -0.05) is 6.07 Å². The van der Waals surface area contributed by atoms with E-state index in [2.05, 4.69) is 5.32 Å². The molecule has 19 heavy (non-hydrogen) atoms. The second-order valence-electron chi connectivity index (χ2n) is 3.82. The van der Waals surface area contributed by atoms with Gasteiger partial charge in [0.1, 0.15) is 11.6 Å². The summed E-state index contributed by atoms with van der Waals surface area (Å²) in [5.41, 5.74) is 5.82. The Bertz CT molecular complexity index is 645. The lowest BCUT2D eigenvalue weighted by atomic mass is 10.1. The average molecular weight is 264 g/mol. The molecule has 0 aliphatic rings. The standard InChI is InChI=1S/C13H10F2N2O2/c14-7-4-5-10(9(15)6-7)17-11-3-1-2-8(12(11)16)13(18)19/h1-6,17H,16H2,(H,18,19). The molecule has 0 atom stereocenters. The lowest BCUT2D eigenvalue weighted by molar-refractivity contribution is 0.0698. The number of hydrogen-bond donors (Lipinski definition) is 3. The molecule has 98 valence electrons. The topological polar surface area (TPSA) is 75.3 Å². The highest BCUT2D eigenvalue weighted by molar-refractivity contribution is 5.97. The van der Waals surface area contributed by atoms with E-state index in [0.717, 1.165) is 12.1 Å². The molecule has 0 aromatic heterocycles. The lowest BCUT2D eigenvalue weighted by Crippen LogP contribution is -2.05. The van der Waals surface area contributed by atoms with E-state index in [9.17, 15) is 13.6 Å². The Morgan fingerprint density at radius 1 is 1.16 bits per heavy atom. The maximum Gasteiger partial charge on any atom is 0.337 e. The van der Waals surface area contributed by atoms with Crippen molar-refractivity contribution in [1.82, 2.24) is 0 Å². The van der Waals surface area contributed by atoms with Crippen molar-refractivity contribution in [2.75, 3.05) is 11.1 Å². The van der Waals surface area contributed by atoms with Gasteiger partial charge in [0, 0.05) is 6.07 Å². The zero-order chi connectivity index (χ0) is 14.0. The predicted molar refractivity (Wildman–Crippen MR) is 67.5 cm³/mol. The maximum atomic E-state index is 13.5. The number of nitrogens with one attached hydrogen (secondary N) is 1. The molecular weight excluding hydrogens is 254 g/mol. The lowest BCUT2D eigenvalue weighted by Gasteiger charge is -2.11. The third kappa shape index (κ3) is 2.62. The molecule has 2 aromatic rings. The van der Waals surface area contributed by atoms with E-state index < -0.39 is 17.6 Å². The highest BCUT2D eigenvalue weighted by Gasteiger charge is 2.12. The monoisotopic (exact) mass is 264 g/mol. The molecular formula is C13H10F2N2O2. The van der Waals surface area contributed by atoms with Gasteiger partial charge in [-0.2, -0.15) is 0 Å². The first kappa shape index (κ1) is 12.8. The average Bonchev–Trinajstić information content (AvgIpc) is 2.34. The number of anilines is 3. The summed E-state index contributed by atoms with van der Waals surface area (Å²) in [6, 6.07) is 7.33. The molecule has 0 bridgehead atoms. The molecule has 0 heterocycles. The van der Waals surface area contributed by atoms with Gasteiger partial charge >= 0.3 is 5.97 Å². The number of carboxylic acid groups (broad SMARTS) is 1. The van der Waals surface area contributed by atoms with Crippen LogP contribution in [0.3, 0.4) is 0 Å². The Morgan fingerprint density at radius 3 is 2.53 bits per heavy atom. The number of halogens is 2. The van der Waals surface area contributed by atoms with E-state index in [-0.39, 0.29) is 22.6 Å². The molecule has 0 aliphatic carbocycles. The molecule has 6 heteroatoms. The van der Waals surface area contributed by atoms with Crippen molar-refractivity contribution < 1.29 is 18.7 Å². The van der Waals surface area contributed by atoms with Crippen LogP contribution in [0, 0.1) is 11.6 Å². The number of aromatic carboxylic acids is 1. The summed E-state index contributed by atoms with van der Waals surface area (Å²) in [5, 5.41) is 11.5. The minimum Gasteiger partial charge on any atom is -0.478 e. The highest BCUT2D eigenvalue weighted by Crippen LogP contribution is 2.27. The molecule has 0 spiro atoms. The van der Waals surface area contributed by atoms with E-state index in [1.165, 1.54) is 24.3 Å².